The maximum absolute atomic E-state index is 10.9. The largest absolute Gasteiger partial charge is 0.347 e. The van der Waals surface area contributed by atoms with Crippen molar-refractivity contribution in [3.05, 3.63) is 12.7 Å². The minimum absolute atomic E-state index is 0.0596. The third-order valence-corrected chi connectivity index (χ3v) is 2.34. The summed E-state index contributed by atoms with van der Waals surface area (Å²) in [6, 6.07) is 0. The molecule has 0 saturated heterocycles. The summed E-state index contributed by atoms with van der Waals surface area (Å²) >= 11 is 5.38. The first-order valence-corrected chi connectivity index (χ1v) is 6.82. The number of carbonyl (C=O) groups is 2. The highest BCUT2D eigenvalue weighted by Crippen LogP contribution is 2.08. The number of unbranched alkanes of at least 4 members (excludes halogenated alkanes) is 2. The monoisotopic (exact) mass is 275 g/mol. The van der Waals surface area contributed by atoms with Crippen LogP contribution in [-0.2, 0) is 9.59 Å². The van der Waals surface area contributed by atoms with Gasteiger partial charge in [-0.2, -0.15) is 0 Å². The number of rotatable bonds is 7. The number of hydrogen-bond acceptors (Lipinski definition) is 2. The van der Waals surface area contributed by atoms with Gasteiger partial charge < -0.3 is 5.32 Å². The maximum Gasteiger partial charge on any atom is 0.243 e. The van der Waals surface area contributed by atoms with E-state index in [9.17, 15) is 9.59 Å². The van der Waals surface area contributed by atoms with Crippen LogP contribution in [0.25, 0.3) is 0 Å². The molecule has 0 aromatic rings. The van der Waals surface area contributed by atoms with E-state index in [1.807, 2.05) is 0 Å². The van der Waals surface area contributed by atoms with Crippen molar-refractivity contribution in [3.63, 3.8) is 0 Å². The standard InChI is InChI=1S/C9H15NO2.C5H11Cl/c1-5-8(12)10-9(3,4)6-7(2)11;1-2-3-4-5-6/h5H,1,6H2,2-4H3,(H,10,12);2-5H2,1H3. The number of amides is 1. The van der Waals surface area contributed by atoms with Crippen LogP contribution in [-0.4, -0.2) is 23.1 Å². The van der Waals surface area contributed by atoms with Crippen molar-refractivity contribution in [2.24, 2.45) is 0 Å². The number of hydrogen-bond donors (Lipinski definition) is 1. The van der Waals surface area contributed by atoms with Gasteiger partial charge in [0, 0.05) is 17.8 Å². The molecule has 18 heavy (non-hydrogen) atoms. The van der Waals surface area contributed by atoms with E-state index in [2.05, 4.69) is 18.8 Å². The van der Waals surface area contributed by atoms with E-state index >= 15 is 0 Å². The summed E-state index contributed by atoms with van der Waals surface area (Å²) in [4.78, 5) is 21.6. The highest BCUT2D eigenvalue weighted by atomic mass is 35.5. The van der Waals surface area contributed by atoms with Gasteiger partial charge in [0.05, 0.1) is 0 Å². The molecule has 1 N–H and O–H groups in total. The van der Waals surface area contributed by atoms with E-state index in [-0.39, 0.29) is 11.7 Å². The van der Waals surface area contributed by atoms with Crippen molar-refractivity contribution >= 4 is 23.3 Å². The number of Topliss-reactive ketones (excluding diaryl/α,β-unsaturated/α-hetero) is 1. The van der Waals surface area contributed by atoms with Gasteiger partial charge >= 0.3 is 0 Å². The molecule has 0 heterocycles. The molecule has 4 heteroatoms. The van der Waals surface area contributed by atoms with Gasteiger partial charge in [0.25, 0.3) is 0 Å². The fourth-order valence-electron chi connectivity index (χ4n) is 1.40. The number of halogens is 1. The summed E-state index contributed by atoms with van der Waals surface area (Å²) in [5.41, 5.74) is -0.475. The molecule has 0 rings (SSSR count). The Morgan fingerprint density at radius 1 is 1.33 bits per heavy atom. The Kier molecular flexibility index (Phi) is 12.2. The maximum atomic E-state index is 10.9. The minimum Gasteiger partial charge on any atom is -0.347 e. The summed E-state index contributed by atoms with van der Waals surface area (Å²) in [7, 11) is 0. The van der Waals surface area contributed by atoms with Crippen LogP contribution in [0.15, 0.2) is 12.7 Å². The average Bonchev–Trinajstić information content (AvgIpc) is 2.24. The predicted molar refractivity (Wildman–Crippen MR) is 78.0 cm³/mol. The van der Waals surface area contributed by atoms with Crippen molar-refractivity contribution in [1.82, 2.24) is 5.32 Å². The Bertz CT molecular complexity index is 259. The van der Waals surface area contributed by atoms with Crippen molar-refractivity contribution in [2.45, 2.75) is 58.9 Å². The SMILES string of the molecule is C=CC(=O)NC(C)(C)CC(C)=O.CCCCCCl. The normalized spacial score (nSPS) is 10.1. The summed E-state index contributed by atoms with van der Waals surface area (Å²) in [6.45, 7) is 10.6. The van der Waals surface area contributed by atoms with Crippen LogP contribution >= 0.6 is 11.6 Å². The quantitative estimate of drug-likeness (QED) is 0.439. The molecular weight excluding hydrogens is 250 g/mol. The highest BCUT2D eigenvalue weighted by Gasteiger charge is 2.20. The van der Waals surface area contributed by atoms with Gasteiger partial charge in [-0.15, -0.1) is 11.6 Å². The first kappa shape index (κ1) is 19.5. The van der Waals surface area contributed by atoms with Gasteiger partial charge in [-0.1, -0.05) is 26.3 Å². The van der Waals surface area contributed by atoms with Crippen LogP contribution in [0.1, 0.15) is 53.4 Å². The smallest absolute Gasteiger partial charge is 0.243 e. The third-order valence-electron chi connectivity index (χ3n) is 2.08. The van der Waals surface area contributed by atoms with E-state index in [0.717, 1.165) is 5.88 Å². The molecule has 0 aliphatic carbocycles. The second kappa shape index (κ2) is 11.3. The van der Waals surface area contributed by atoms with E-state index in [0.29, 0.717) is 6.42 Å². The molecule has 1 amide bonds. The molecule has 0 bridgehead atoms. The number of ketones is 1. The van der Waals surface area contributed by atoms with Gasteiger partial charge in [0.15, 0.2) is 0 Å². The lowest BCUT2D eigenvalue weighted by atomic mass is 9.98. The van der Waals surface area contributed by atoms with Crippen LogP contribution in [0.2, 0.25) is 0 Å². The molecule has 0 aromatic carbocycles. The summed E-state index contributed by atoms with van der Waals surface area (Å²) in [5, 5.41) is 2.66. The van der Waals surface area contributed by atoms with Gasteiger partial charge in [0.1, 0.15) is 5.78 Å². The number of carbonyl (C=O) groups excluding carboxylic acids is 2. The van der Waals surface area contributed by atoms with E-state index in [1.165, 1.54) is 32.3 Å². The Balaban J connectivity index is 0. The van der Waals surface area contributed by atoms with Gasteiger partial charge in [-0.3, -0.25) is 9.59 Å². The van der Waals surface area contributed by atoms with Crippen LogP contribution in [0, 0.1) is 0 Å². The third kappa shape index (κ3) is 15.2. The molecule has 0 fully saturated rings. The molecule has 0 atom stereocenters. The second-order valence-corrected chi connectivity index (χ2v) is 5.23. The van der Waals surface area contributed by atoms with Gasteiger partial charge in [-0.05, 0) is 33.3 Å². The van der Waals surface area contributed by atoms with Crippen LogP contribution in [0.4, 0.5) is 0 Å². The molecule has 0 aromatic heterocycles. The molecule has 0 radical (unpaired) electrons. The zero-order chi connectivity index (χ0) is 14.6. The number of nitrogens with one attached hydrogen (secondary N) is 1. The average molecular weight is 276 g/mol. The lowest BCUT2D eigenvalue weighted by Crippen LogP contribution is -2.43. The fraction of sp³-hybridized carbons (Fsp3) is 0.714. The lowest BCUT2D eigenvalue weighted by molar-refractivity contribution is -0.120. The summed E-state index contributed by atoms with van der Waals surface area (Å²) in [5.74, 6) is 0.638. The van der Waals surface area contributed by atoms with E-state index < -0.39 is 5.54 Å². The van der Waals surface area contributed by atoms with Crippen molar-refractivity contribution in [3.8, 4) is 0 Å². The van der Waals surface area contributed by atoms with Crippen LogP contribution < -0.4 is 5.32 Å². The zero-order valence-corrected chi connectivity index (χ0v) is 12.8. The summed E-state index contributed by atoms with van der Waals surface area (Å²) < 4.78 is 0. The molecule has 0 aliphatic rings. The minimum atomic E-state index is -0.475. The molecule has 0 unspecified atom stereocenters. The fourth-order valence-corrected chi connectivity index (χ4v) is 1.58. The second-order valence-electron chi connectivity index (χ2n) is 4.85. The van der Waals surface area contributed by atoms with E-state index in [1.54, 1.807) is 13.8 Å². The molecule has 3 nitrogen and oxygen atoms in total. The summed E-state index contributed by atoms with van der Waals surface area (Å²) in [6.07, 6.45) is 5.27. The molecule has 0 saturated carbocycles. The molecule has 0 spiro atoms. The van der Waals surface area contributed by atoms with Crippen LogP contribution in [0.5, 0.6) is 0 Å². The Morgan fingerprint density at radius 3 is 2.17 bits per heavy atom. The topological polar surface area (TPSA) is 46.2 Å². The van der Waals surface area contributed by atoms with Gasteiger partial charge in [-0.25, -0.2) is 0 Å². The lowest BCUT2D eigenvalue weighted by Gasteiger charge is -2.23. The number of alkyl halides is 1. The highest BCUT2D eigenvalue weighted by molar-refractivity contribution is 6.17. The Labute approximate surface area is 116 Å². The Hall–Kier alpha value is -0.830. The molecule has 106 valence electrons. The Morgan fingerprint density at radius 2 is 1.89 bits per heavy atom. The molecular formula is C14H26ClNO2. The predicted octanol–water partition coefficient (Wildman–Crippen LogP) is 3.46. The van der Waals surface area contributed by atoms with E-state index in [4.69, 9.17) is 11.6 Å². The first-order chi connectivity index (χ1) is 8.29. The zero-order valence-electron chi connectivity index (χ0n) is 12.0. The molecule has 0 aliphatic heterocycles. The van der Waals surface area contributed by atoms with Crippen molar-refractivity contribution in [2.75, 3.05) is 5.88 Å². The van der Waals surface area contributed by atoms with Crippen LogP contribution in [0.3, 0.4) is 0 Å². The van der Waals surface area contributed by atoms with Gasteiger partial charge in [0.2, 0.25) is 5.91 Å². The van der Waals surface area contributed by atoms with Crippen molar-refractivity contribution < 1.29 is 9.59 Å². The van der Waals surface area contributed by atoms with Crippen molar-refractivity contribution in [1.29, 1.82) is 0 Å². The first-order valence-electron chi connectivity index (χ1n) is 6.29.